The number of para-hydroxylation sites is 2. The zero-order chi connectivity index (χ0) is 20.0. The summed E-state index contributed by atoms with van der Waals surface area (Å²) in [6, 6.07) is 15.5. The molecule has 0 spiro atoms. The van der Waals surface area contributed by atoms with Crippen LogP contribution in [0, 0.1) is 6.92 Å². The van der Waals surface area contributed by atoms with Crippen LogP contribution < -0.4 is 16.0 Å². The summed E-state index contributed by atoms with van der Waals surface area (Å²) in [5, 5.41) is 0.504. The van der Waals surface area contributed by atoms with Gasteiger partial charge in [0, 0.05) is 25.9 Å². The predicted molar refractivity (Wildman–Crippen MR) is 110 cm³/mol. The molecule has 0 N–H and O–H groups in total. The fourth-order valence-electron chi connectivity index (χ4n) is 3.66. The van der Waals surface area contributed by atoms with Gasteiger partial charge in [-0.2, -0.15) is 0 Å². The van der Waals surface area contributed by atoms with Gasteiger partial charge in [0.1, 0.15) is 5.75 Å². The number of fused-ring (bicyclic) bond motifs is 1. The van der Waals surface area contributed by atoms with E-state index in [9.17, 15) is 9.59 Å². The van der Waals surface area contributed by atoms with Crippen molar-refractivity contribution in [2.45, 2.75) is 6.92 Å². The minimum Gasteiger partial charge on any atom is -0.495 e. The van der Waals surface area contributed by atoms with Gasteiger partial charge in [0.2, 0.25) is 0 Å². The normalized spacial score (nSPS) is 11.1. The lowest BCUT2D eigenvalue weighted by Gasteiger charge is -2.14. The Morgan fingerprint density at radius 3 is 2.29 bits per heavy atom. The summed E-state index contributed by atoms with van der Waals surface area (Å²) in [7, 11) is 4.80. The third-order valence-corrected chi connectivity index (χ3v) is 5.18. The molecule has 4 aromatic rings. The van der Waals surface area contributed by atoms with E-state index in [0.29, 0.717) is 16.7 Å². The Bertz CT molecular complexity index is 1330. The van der Waals surface area contributed by atoms with E-state index in [4.69, 9.17) is 4.74 Å². The lowest BCUT2D eigenvalue weighted by molar-refractivity contribution is 0.413. The number of aryl methyl sites for hydroxylation is 2. The Morgan fingerprint density at radius 1 is 0.893 bits per heavy atom. The van der Waals surface area contributed by atoms with Crippen molar-refractivity contribution < 1.29 is 4.74 Å². The Morgan fingerprint density at radius 2 is 1.57 bits per heavy atom. The van der Waals surface area contributed by atoms with E-state index < -0.39 is 0 Å². The number of aromatic nitrogens is 3. The maximum Gasteiger partial charge on any atom is 0.330 e. The average molecular weight is 375 g/mol. The van der Waals surface area contributed by atoms with Crippen molar-refractivity contribution in [3.63, 3.8) is 0 Å². The molecule has 2 aromatic heterocycles. The summed E-state index contributed by atoms with van der Waals surface area (Å²) in [4.78, 5) is 25.6. The van der Waals surface area contributed by atoms with Crippen molar-refractivity contribution in [3.05, 3.63) is 81.1 Å². The lowest BCUT2D eigenvalue weighted by atomic mass is 10.0. The molecule has 0 saturated carbocycles. The molecule has 4 rings (SSSR count). The van der Waals surface area contributed by atoms with E-state index in [0.717, 1.165) is 27.1 Å². The largest absolute Gasteiger partial charge is 0.495 e. The molecule has 142 valence electrons. The van der Waals surface area contributed by atoms with Gasteiger partial charge in [0.05, 0.1) is 29.4 Å². The van der Waals surface area contributed by atoms with Crippen molar-refractivity contribution in [3.8, 4) is 22.7 Å². The second-order valence-corrected chi connectivity index (χ2v) is 6.80. The fraction of sp³-hybridized carbons (Fsp3) is 0.182. The number of hydrogen-bond donors (Lipinski definition) is 0. The van der Waals surface area contributed by atoms with Crippen molar-refractivity contribution in [1.29, 1.82) is 0 Å². The lowest BCUT2D eigenvalue weighted by Crippen LogP contribution is -2.36. The van der Waals surface area contributed by atoms with Gasteiger partial charge in [-0.15, -0.1) is 0 Å². The molecular formula is C22H21N3O3. The van der Waals surface area contributed by atoms with Crippen LogP contribution in [-0.2, 0) is 14.1 Å². The standard InChI is InChI=1S/C22H21N3O3/c1-14-9-5-6-10-15(14)20-19-17(23(2)22(27)24(3)21(19)26)13-25(20)16-11-7-8-12-18(16)28-4/h5-13H,1-4H3. The van der Waals surface area contributed by atoms with Crippen molar-refractivity contribution in [2.75, 3.05) is 7.11 Å². The predicted octanol–water partition coefficient (Wildman–Crippen LogP) is 3.01. The first-order chi connectivity index (χ1) is 13.5. The van der Waals surface area contributed by atoms with Crippen molar-refractivity contribution in [1.82, 2.24) is 13.7 Å². The minimum atomic E-state index is -0.356. The maximum atomic E-state index is 13.1. The number of rotatable bonds is 3. The molecule has 6 heteroatoms. The number of hydrogen-bond acceptors (Lipinski definition) is 3. The van der Waals surface area contributed by atoms with Crippen LogP contribution in [-0.4, -0.2) is 20.8 Å². The first-order valence-electron chi connectivity index (χ1n) is 8.96. The highest BCUT2D eigenvalue weighted by atomic mass is 16.5. The summed E-state index contributed by atoms with van der Waals surface area (Å²) in [5.41, 5.74) is 3.42. The smallest absolute Gasteiger partial charge is 0.330 e. The molecule has 0 aliphatic carbocycles. The third-order valence-electron chi connectivity index (χ3n) is 5.18. The number of ether oxygens (including phenoxy) is 1. The van der Waals surface area contributed by atoms with Crippen LogP contribution in [0.5, 0.6) is 5.75 Å². The highest BCUT2D eigenvalue weighted by Gasteiger charge is 2.22. The molecule has 28 heavy (non-hydrogen) atoms. The molecule has 0 saturated heterocycles. The fourth-order valence-corrected chi connectivity index (χ4v) is 3.66. The van der Waals surface area contributed by atoms with Gasteiger partial charge < -0.3 is 9.30 Å². The van der Waals surface area contributed by atoms with Crippen LogP contribution in [0.15, 0.2) is 64.3 Å². The average Bonchev–Trinajstić information content (AvgIpc) is 3.11. The van der Waals surface area contributed by atoms with Crippen LogP contribution in [0.25, 0.3) is 27.8 Å². The van der Waals surface area contributed by atoms with Gasteiger partial charge in [0.15, 0.2) is 0 Å². The van der Waals surface area contributed by atoms with Crippen LogP contribution in [0.2, 0.25) is 0 Å². The first kappa shape index (κ1) is 17.9. The molecule has 0 radical (unpaired) electrons. The molecule has 0 unspecified atom stereocenters. The molecule has 0 bridgehead atoms. The van der Waals surface area contributed by atoms with Crippen molar-refractivity contribution in [2.24, 2.45) is 14.1 Å². The monoisotopic (exact) mass is 375 g/mol. The van der Waals surface area contributed by atoms with Gasteiger partial charge in [-0.05, 0) is 24.6 Å². The van der Waals surface area contributed by atoms with Crippen LogP contribution >= 0.6 is 0 Å². The van der Waals surface area contributed by atoms with Crippen molar-refractivity contribution >= 4 is 10.9 Å². The Kier molecular flexibility index (Phi) is 4.19. The minimum absolute atomic E-state index is 0.315. The Hall–Kier alpha value is -3.54. The second-order valence-electron chi connectivity index (χ2n) is 6.80. The van der Waals surface area contributed by atoms with E-state index >= 15 is 0 Å². The molecule has 2 heterocycles. The van der Waals surface area contributed by atoms with Crippen LogP contribution in [0.1, 0.15) is 5.56 Å². The SMILES string of the molecule is COc1ccccc1-n1cc2c(c1-c1ccccc1C)c(=O)n(C)c(=O)n2C. The highest BCUT2D eigenvalue weighted by Crippen LogP contribution is 2.35. The summed E-state index contributed by atoms with van der Waals surface area (Å²) in [5.74, 6) is 0.680. The zero-order valence-electron chi connectivity index (χ0n) is 16.3. The first-order valence-corrected chi connectivity index (χ1v) is 8.96. The van der Waals surface area contributed by atoms with E-state index in [1.54, 1.807) is 14.2 Å². The van der Waals surface area contributed by atoms with E-state index in [2.05, 4.69) is 0 Å². The van der Waals surface area contributed by atoms with Gasteiger partial charge >= 0.3 is 5.69 Å². The molecule has 0 aliphatic heterocycles. The summed E-state index contributed by atoms with van der Waals surface area (Å²) >= 11 is 0. The summed E-state index contributed by atoms with van der Waals surface area (Å²) in [6.07, 6.45) is 1.83. The number of methoxy groups -OCH3 is 1. The maximum absolute atomic E-state index is 13.1. The topological polar surface area (TPSA) is 58.2 Å². The van der Waals surface area contributed by atoms with Crippen LogP contribution in [0.3, 0.4) is 0 Å². The Balaban J connectivity index is 2.26. The molecule has 0 amide bonds. The highest BCUT2D eigenvalue weighted by molar-refractivity contribution is 5.95. The van der Waals surface area contributed by atoms with Gasteiger partial charge in [0.25, 0.3) is 5.56 Å². The zero-order valence-corrected chi connectivity index (χ0v) is 16.3. The van der Waals surface area contributed by atoms with E-state index in [1.807, 2.05) is 66.2 Å². The van der Waals surface area contributed by atoms with Gasteiger partial charge in [-0.3, -0.25) is 13.9 Å². The number of benzene rings is 2. The Labute approximate surface area is 161 Å². The third kappa shape index (κ3) is 2.49. The van der Waals surface area contributed by atoms with E-state index in [1.165, 1.54) is 11.6 Å². The molecule has 0 fully saturated rings. The summed E-state index contributed by atoms with van der Waals surface area (Å²) < 4.78 is 10.1. The molecule has 2 aromatic carbocycles. The quantitative estimate of drug-likeness (QED) is 0.553. The van der Waals surface area contributed by atoms with Gasteiger partial charge in [-0.1, -0.05) is 36.4 Å². The van der Waals surface area contributed by atoms with Gasteiger partial charge in [-0.25, -0.2) is 4.79 Å². The van der Waals surface area contributed by atoms with Crippen LogP contribution in [0.4, 0.5) is 0 Å². The molecule has 0 aliphatic rings. The molecule has 6 nitrogen and oxygen atoms in total. The molecular weight excluding hydrogens is 354 g/mol. The second kappa shape index (κ2) is 6.56. The molecule has 0 atom stereocenters. The summed E-state index contributed by atoms with van der Waals surface area (Å²) in [6.45, 7) is 2.01. The number of nitrogens with zero attached hydrogens (tertiary/aromatic N) is 3. The van der Waals surface area contributed by atoms with E-state index in [-0.39, 0.29) is 11.2 Å².